The van der Waals surface area contributed by atoms with Crippen LogP contribution in [0.1, 0.15) is 31.0 Å². The number of aromatic nitrogens is 2. The van der Waals surface area contributed by atoms with Gasteiger partial charge in [-0.05, 0) is 38.1 Å². The SMILES string of the molecule is CCOC(=O)C1=C(C)N=c2s/c(=C\c3c[nH]c4ccccc34)c(=O)n2C1c1ccc(OC)cc1OC. The number of nitrogens with zero attached hydrogens (tertiary/aromatic N) is 2. The van der Waals surface area contributed by atoms with Crippen LogP contribution in [0.2, 0.25) is 0 Å². The molecule has 1 atom stereocenters. The lowest BCUT2D eigenvalue weighted by molar-refractivity contribution is -0.139. The van der Waals surface area contributed by atoms with Gasteiger partial charge < -0.3 is 19.2 Å². The Labute approximate surface area is 210 Å². The van der Waals surface area contributed by atoms with E-state index in [9.17, 15) is 9.59 Å². The van der Waals surface area contributed by atoms with Crippen LogP contribution in [-0.4, -0.2) is 36.3 Å². The highest BCUT2D eigenvalue weighted by molar-refractivity contribution is 7.07. The van der Waals surface area contributed by atoms with Gasteiger partial charge in [0.05, 0.1) is 36.6 Å². The zero-order chi connectivity index (χ0) is 25.4. The molecule has 0 radical (unpaired) electrons. The highest BCUT2D eigenvalue weighted by Crippen LogP contribution is 2.37. The average molecular weight is 504 g/mol. The monoisotopic (exact) mass is 503 g/mol. The summed E-state index contributed by atoms with van der Waals surface area (Å²) in [7, 11) is 3.11. The van der Waals surface area contributed by atoms with Crippen molar-refractivity contribution in [3.63, 3.8) is 0 Å². The molecule has 1 N–H and O–H groups in total. The summed E-state index contributed by atoms with van der Waals surface area (Å²) >= 11 is 1.28. The Balaban J connectivity index is 1.77. The molecule has 184 valence electrons. The predicted octanol–water partition coefficient (Wildman–Crippen LogP) is 3.30. The largest absolute Gasteiger partial charge is 0.497 e. The number of nitrogens with one attached hydrogen (secondary N) is 1. The lowest BCUT2D eigenvalue weighted by Gasteiger charge is -2.26. The Morgan fingerprint density at radius 1 is 1.19 bits per heavy atom. The molecule has 3 heterocycles. The molecule has 0 saturated heterocycles. The Morgan fingerprint density at radius 3 is 2.75 bits per heavy atom. The minimum absolute atomic E-state index is 0.201. The molecule has 0 spiro atoms. The smallest absolute Gasteiger partial charge is 0.338 e. The van der Waals surface area contributed by atoms with Gasteiger partial charge in [-0.25, -0.2) is 9.79 Å². The van der Waals surface area contributed by atoms with Gasteiger partial charge in [0, 0.05) is 34.3 Å². The van der Waals surface area contributed by atoms with Crippen LogP contribution in [0.3, 0.4) is 0 Å². The van der Waals surface area contributed by atoms with E-state index in [1.807, 2.05) is 36.5 Å². The number of aromatic amines is 1. The van der Waals surface area contributed by atoms with Crippen molar-refractivity contribution in [1.82, 2.24) is 9.55 Å². The van der Waals surface area contributed by atoms with E-state index in [1.165, 1.54) is 11.3 Å². The van der Waals surface area contributed by atoms with Crippen molar-refractivity contribution in [1.29, 1.82) is 0 Å². The molecule has 36 heavy (non-hydrogen) atoms. The number of carbonyl (C=O) groups is 1. The van der Waals surface area contributed by atoms with Gasteiger partial charge in [-0.2, -0.15) is 0 Å². The first-order valence-electron chi connectivity index (χ1n) is 11.4. The maximum atomic E-state index is 13.8. The van der Waals surface area contributed by atoms with Crippen LogP contribution < -0.4 is 24.4 Å². The van der Waals surface area contributed by atoms with E-state index in [1.54, 1.807) is 50.8 Å². The van der Waals surface area contributed by atoms with Crippen LogP contribution in [0.5, 0.6) is 11.5 Å². The molecule has 1 aliphatic heterocycles. The highest BCUT2D eigenvalue weighted by Gasteiger charge is 2.35. The summed E-state index contributed by atoms with van der Waals surface area (Å²) in [6.45, 7) is 3.70. The number of para-hydroxylation sites is 1. The second kappa shape index (κ2) is 9.50. The molecule has 4 aromatic rings. The van der Waals surface area contributed by atoms with E-state index >= 15 is 0 Å². The second-order valence-electron chi connectivity index (χ2n) is 8.20. The van der Waals surface area contributed by atoms with E-state index in [2.05, 4.69) is 9.98 Å². The molecule has 0 bridgehead atoms. The Morgan fingerprint density at radius 2 is 2.00 bits per heavy atom. The molecule has 0 fully saturated rings. The topological polar surface area (TPSA) is 94.9 Å². The van der Waals surface area contributed by atoms with Crippen LogP contribution in [0.15, 0.2) is 69.7 Å². The third-order valence-corrected chi connectivity index (χ3v) is 7.14. The van der Waals surface area contributed by atoms with Crippen molar-refractivity contribution in [3.05, 3.63) is 90.7 Å². The highest BCUT2D eigenvalue weighted by atomic mass is 32.1. The quantitative estimate of drug-likeness (QED) is 0.408. The molecule has 0 amide bonds. The maximum absolute atomic E-state index is 13.8. The number of allylic oxidation sites excluding steroid dienone is 1. The minimum Gasteiger partial charge on any atom is -0.497 e. The van der Waals surface area contributed by atoms with Crippen molar-refractivity contribution < 1.29 is 19.0 Å². The predicted molar refractivity (Wildman–Crippen MR) is 138 cm³/mol. The van der Waals surface area contributed by atoms with E-state index in [4.69, 9.17) is 14.2 Å². The van der Waals surface area contributed by atoms with Gasteiger partial charge in [-0.15, -0.1) is 0 Å². The van der Waals surface area contributed by atoms with Crippen molar-refractivity contribution in [2.24, 2.45) is 4.99 Å². The van der Waals surface area contributed by atoms with Crippen LogP contribution in [-0.2, 0) is 9.53 Å². The number of methoxy groups -OCH3 is 2. The number of H-pyrrole nitrogens is 1. The van der Waals surface area contributed by atoms with Crippen LogP contribution >= 0.6 is 11.3 Å². The zero-order valence-corrected chi connectivity index (χ0v) is 21.1. The van der Waals surface area contributed by atoms with Gasteiger partial charge in [0.15, 0.2) is 4.80 Å². The fourth-order valence-corrected chi connectivity index (χ4v) is 5.52. The van der Waals surface area contributed by atoms with Crippen LogP contribution in [0.4, 0.5) is 0 Å². The standard InChI is InChI=1S/C27H25N3O5S/c1-5-35-26(32)23-15(2)29-27-30(24(23)19-11-10-17(33-3)13-21(19)34-4)25(31)22(36-27)12-16-14-28-20-9-7-6-8-18(16)20/h6-14,24,28H,5H2,1-4H3/b22-12-. The summed E-state index contributed by atoms with van der Waals surface area (Å²) in [5.74, 6) is 0.565. The first-order chi connectivity index (χ1) is 17.5. The summed E-state index contributed by atoms with van der Waals surface area (Å²) in [4.78, 5) is 35.3. The zero-order valence-electron chi connectivity index (χ0n) is 20.3. The third kappa shape index (κ3) is 3.91. The van der Waals surface area contributed by atoms with Gasteiger partial charge in [-0.1, -0.05) is 29.5 Å². The Bertz CT molecular complexity index is 1690. The first-order valence-corrected chi connectivity index (χ1v) is 12.3. The Hall–Kier alpha value is -4.11. The number of fused-ring (bicyclic) bond motifs is 2. The van der Waals surface area contributed by atoms with Gasteiger partial charge in [0.1, 0.15) is 17.5 Å². The van der Waals surface area contributed by atoms with Gasteiger partial charge in [0.2, 0.25) is 0 Å². The van der Waals surface area contributed by atoms with Gasteiger partial charge in [-0.3, -0.25) is 9.36 Å². The summed E-state index contributed by atoms with van der Waals surface area (Å²) in [5.41, 5.74) is 3.06. The number of carbonyl (C=O) groups excluding carboxylic acids is 1. The number of ether oxygens (including phenoxy) is 3. The molecule has 1 unspecified atom stereocenters. The molecule has 0 saturated carbocycles. The molecular weight excluding hydrogens is 478 g/mol. The van der Waals surface area contributed by atoms with Crippen molar-refractivity contribution in [2.75, 3.05) is 20.8 Å². The molecule has 5 rings (SSSR count). The summed E-state index contributed by atoms with van der Waals surface area (Å²) in [5, 5.41) is 1.01. The molecular formula is C27H25N3O5S. The van der Waals surface area contributed by atoms with E-state index in [0.29, 0.717) is 37.7 Å². The number of thiazole rings is 1. The van der Waals surface area contributed by atoms with Crippen LogP contribution in [0.25, 0.3) is 17.0 Å². The molecule has 2 aromatic carbocycles. The minimum atomic E-state index is -0.772. The molecule has 9 heteroatoms. The number of hydrogen-bond donors (Lipinski definition) is 1. The lowest BCUT2D eigenvalue weighted by atomic mass is 9.95. The molecule has 0 aliphatic carbocycles. The Kier molecular flexibility index (Phi) is 6.24. The normalized spacial score (nSPS) is 15.6. The summed E-state index contributed by atoms with van der Waals surface area (Å²) in [6.07, 6.45) is 3.73. The number of hydrogen-bond acceptors (Lipinski definition) is 7. The number of benzene rings is 2. The second-order valence-corrected chi connectivity index (χ2v) is 9.21. The number of rotatable bonds is 6. The van der Waals surface area contributed by atoms with Crippen molar-refractivity contribution in [3.8, 4) is 11.5 Å². The lowest BCUT2D eigenvalue weighted by Crippen LogP contribution is -2.40. The van der Waals surface area contributed by atoms with Gasteiger partial charge >= 0.3 is 5.97 Å². The average Bonchev–Trinajstić information content (AvgIpc) is 3.43. The fraction of sp³-hybridized carbons (Fsp3) is 0.222. The van der Waals surface area contributed by atoms with E-state index in [-0.39, 0.29) is 12.2 Å². The molecule has 8 nitrogen and oxygen atoms in total. The maximum Gasteiger partial charge on any atom is 0.338 e. The van der Waals surface area contributed by atoms with Crippen molar-refractivity contribution in [2.45, 2.75) is 19.9 Å². The van der Waals surface area contributed by atoms with E-state index in [0.717, 1.165) is 16.5 Å². The molecule has 1 aliphatic rings. The first kappa shape index (κ1) is 23.6. The van der Waals surface area contributed by atoms with Crippen molar-refractivity contribution >= 4 is 34.3 Å². The van der Waals surface area contributed by atoms with Gasteiger partial charge in [0.25, 0.3) is 5.56 Å². The molecule has 2 aromatic heterocycles. The third-order valence-electron chi connectivity index (χ3n) is 6.16. The number of esters is 1. The summed E-state index contributed by atoms with van der Waals surface area (Å²) < 4.78 is 18.4. The fourth-order valence-electron chi connectivity index (χ4n) is 4.48. The van der Waals surface area contributed by atoms with E-state index < -0.39 is 12.0 Å². The van der Waals surface area contributed by atoms with Crippen LogP contribution in [0, 0.1) is 0 Å². The summed E-state index contributed by atoms with van der Waals surface area (Å²) in [6, 6.07) is 12.4.